The molecule has 1 aliphatic heterocycles. The number of aromatic nitrogens is 2. The lowest BCUT2D eigenvalue weighted by Crippen LogP contribution is -2.44. The van der Waals surface area contributed by atoms with Gasteiger partial charge in [-0.1, -0.05) is 6.92 Å². The van der Waals surface area contributed by atoms with Crippen molar-refractivity contribution in [1.82, 2.24) is 14.9 Å². The number of aryl methyl sites for hydroxylation is 1. The second-order valence-corrected chi connectivity index (χ2v) is 6.80. The molecule has 1 saturated heterocycles. The highest BCUT2D eigenvalue weighted by molar-refractivity contribution is 6.04. The van der Waals surface area contributed by atoms with Crippen molar-refractivity contribution < 1.29 is 19.4 Å². The number of nitrogens with one attached hydrogen (secondary N) is 1. The normalized spacial score (nSPS) is 19.0. The van der Waals surface area contributed by atoms with Crippen molar-refractivity contribution in [3.05, 3.63) is 41.9 Å². The molecule has 2 aromatic rings. The van der Waals surface area contributed by atoms with Crippen LogP contribution in [0.25, 0.3) is 0 Å². The van der Waals surface area contributed by atoms with Crippen molar-refractivity contribution in [3.63, 3.8) is 0 Å². The molecule has 1 aromatic carbocycles. The summed E-state index contributed by atoms with van der Waals surface area (Å²) in [5.41, 5.74) is -0.0420. The number of carbonyl (C=O) groups is 2. The number of rotatable bonds is 6. The number of nitrogens with zero attached hydrogens (tertiary/aromatic N) is 3. The maximum atomic E-state index is 12.7. The fourth-order valence-corrected chi connectivity index (χ4v) is 3.25. The van der Waals surface area contributed by atoms with Crippen LogP contribution in [0.1, 0.15) is 42.7 Å². The Hall–Kier alpha value is -3.16. The van der Waals surface area contributed by atoms with Gasteiger partial charge in [-0.3, -0.25) is 14.6 Å². The first kappa shape index (κ1) is 19.6. The fourth-order valence-electron chi connectivity index (χ4n) is 3.25. The van der Waals surface area contributed by atoms with Crippen LogP contribution in [0.4, 0.5) is 5.82 Å². The van der Waals surface area contributed by atoms with Gasteiger partial charge in [0.2, 0.25) is 0 Å². The summed E-state index contributed by atoms with van der Waals surface area (Å²) in [5, 5.41) is 12.7. The molecule has 2 heterocycles. The van der Waals surface area contributed by atoms with Gasteiger partial charge in [0.1, 0.15) is 11.5 Å². The highest BCUT2D eigenvalue weighted by Gasteiger charge is 2.47. The Kier molecular flexibility index (Phi) is 5.48. The topological polar surface area (TPSA) is 105 Å². The van der Waals surface area contributed by atoms with Gasteiger partial charge in [-0.2, -0.15) is 0 Å². The third-order valence-corrected chi connectivity index (χ3v) is 4.90. The van der Waals surface area contributed by atoms with Gasteiger partial charge < -0.3 is 20.1 Å². The van der Waals surface area contributed by atoms with E-state index in [2.05, 4.69) is 15.3 Å². The zero-order valence-corrected chi connectivity index (χ0v) is 16.2. The van der Waals surface area contributed by atoms with E-state index < -0.39 is 11.5 Å². The molecule has 0 unspecified atom stereocenters. The Morgan fingerprint density at radius 1 is 1.29 bits per heavy atom. The van der Waals surface area contributed by atoms with Crippen LogP contribution in [0.15, 0.2) is 30.6 Å². The van der Waals surface area contributed by atoms with E-state index in [9.17, 15) is 14.7 Å². The molecule has 0 bridgehead atoms. The van der Waals surface area contributed by atoms with E-state index in [4.69, 9.17) is 4.74 Å². The van der Waals surface area contributed by atoms with Gasteiger partial charge >= 0.3 is 0 Å². The van der Waals surface area contributed by atoms with Crippen LogP contribution < -0.4 is 10.1 Å². The van der Waals surface area contributed by atoms with Gasteiger partial charge in [-0.15, -0.1) is 0 Å². The smallest absolute Gasteiger partial charge is 0.266 e. The number of amides is 2. The first-order chi connectivity index (χ1) is 13.4. The van der Waals surface area contributed by atoms with E-state index in [1.54, 1.807) is 18.0 Å². The number of aromatic hydroxyl groups is 1. The minimum atomic E-state index is -0.972. The number of phenols is 1. The SMILES string of the molecule is CCN1CC[C@](CC)(Oc2cc(O)cc(C(=O)Nc3cnc(C)cn3)c2)C1=O. The summed E-state index contributed by atoms with van der Waals surface area (Å²) in [5.74, 6) is -0.0786. The molecule has 2 amide bonds. The molecule has 3 rings (SSSR count). The van der Waals surface area contributed by atoms with Gasteiger partial charge in [-0.05, 0) is 32.4 Å². The lowest BCUT2D eigenvalue weighted by Gasteiger charge is -2.28. The van der Waals surface area contributed by atoms with Crippen molar-refractivity contribution in [2.75, 3.05) is 18.4 Å². The minimum Gasteiger partial charge on any atom is -0.508 e. The third kappa shape index (κ3) is 3.90. The van der Waals surface area contributed by atoms with Gasteiger partial charge in [0.25, 0.3) is 11.8 Å². The molecule has 0 radical (unpaired) electrons. The maximum absolute atomic E-state index is 12.7. The lowest BCUT2D eigenvalue weighted by atomic mass is 9.98. The molecular weight excluding hydrogens is 360 g/mol. The van der Waals surface area contributed by atoms with Crippen molar-refractivity contribution in [2.24, 2.45) is 0 Å². The summed E-state index contributed by atoms with van der Waals surface area (Å²) in [7, 11) is 0. The van der Waals surface area contributed by atoms with Crippen LogP contribution in [0.2, 0.25) is 0 Å². The number of likely N-dealkylation sites (tertiary alicyclic amines) is 1. The number of phenolic OH excluding ortho intramolecular Hbond substituents is 1. The molecule has 28 heavy (non-hydrogen) atoms. The Balaban J connectivity index is 1.82. The summed E-state index contributed by atoms with van der Waals surface area (Å²) in [6, 6.07) is 4.25. The highest BCUT2D eigenvalue weighted by atomic mass is 16.5. The summed E-state index contributed by atoms with van der Waals surface area (Å²) in [6.07, 6.45) is 4.06. The van der Waals surface area contributed by atoms with E-state index in [-0.39, 0.29) is 23.0 Å². The second kappa shape index (κ2) is 7.84. The molecule has 1 aromatic heterocycles. The predicted octanol–water partition coefficient (Wildman–Crippen LogP) is 2.52. The summed E-state index contributed by atoms with van der Waals surface area (Å²) < 4.78 is 6.03. The number of likely N-dealkylation sites (N-methyl/N-ethyl adjacent to an activating group) is 1. The van der Waals surface area contributed by atoms with Crippen LogP contribution >= 0.6 is 0 Å². The maximum Gasteiger partial charge on any atom is 0.266 e. The lowest BCUT2D eigenvalue weighted by molar-refractivity contribution is -0.140. The Labute approximate surface area is 163 Å². The van der Waals surface area contributed by atoms with Crippen LogP contribution in [0.5, 0.6) is 11.5 Å². The summed E-state index contributed by atoms with van der Waals surface area (Å²) >= 11 is 0. The molecule has 0 aliphatic carbocycles. The first-order valence-electron chi connectivity index (χ1n) is 9.29. The molecule has 0 saturated carbocycles. The minimum absolute atomic E-state index is 0.0678. The number of benzene rings is 1. The average molecular weight is 384 g/mol. The van der Waals surface area contributed by atoms with E-state index in [0.29, 0.717) is 31.7 Å². The third-order valence-electron chi connectivity index (χ3n) is 4.90. The largest absolute Gasteiger partial charge is 0.508 e. The Bertz CT molecular complexity index is 884. The predicted molar refractivity (Wildman–Crippen MR) is 103 cm³/mol. The molecule has 8 nitrogen and oxygen atoms in total. The Morgan fingerprint density at radius 3 is 2.68 bits per heavy atom. The van der Waals surface area contributed by atoms with Crippen molar-refractivity contribution in [2.45, 2.75) is 39.2 Å². The zero-order valence-electron chi connectivity index (χ0n) is 16.2. The van der Waals surface area contributed by atoms with Crippen LogP contribution in [0, 0.1) is 6.92 Å². The number of hydrogen-bond donors (Lipinski definition) is 2. The van der Waals surface area contributed by atoms with Gasteiger partial charge in [0.05, 0.1) is 18.1 Å². The van der Waals surface area contributed by atoms with E-state index >= 15 is 0 Å². The molecule has 1 aliphatic rings. The van der Waals surface area contributed by atoms with Gasteiger partial charge in [0.15, 0.2) is 11.4 Å². The van der Waals surface area contributed by atoms with Crippen molar-refractivity contribution in [3.8, 4) is 11.5 Å². The molecule has 1 fully saturated rings. The van der Waals surface area contributed by atoms with E-state index in [0.717, 1.165) is 5.69 Å². The molecule has 0 spiro atoms. The average Bonchev–Trinajstić information content (AvgIpc) is 2.99. The van der Waals surface area contributed by atoms with Gasteiger partial charge in [-0.25, -0.2) is 4.98 Å². The number of hydrogen-bond acceptors (Lipinski definition) is 6. The van der Waals surface area contributed by atoms with E-state index in [1.807, 2.05) is 13.8 Å². The number of carbonyl (C=O) groups excluding carboxylic acids is 2. The standard InChI is InChI=1S/C20H24N4O4/c1-4-20(6-7-24(5-2)19(20)27)28-16-9-14(8-15(25)10-16)18(26)23-17-12-21-13(3)11-22-17/h8-12,25H,4-7H2,1-3H3,(H,22,23,26)/t20-/m0/s1. The fraction of sp³-hybridized carbons (Fsp3) is 0.400. The van der Waals surface area contributed by atoms with E-state index in [1.165, 1.54) is 24.4 Å². The van der Waals surface area contributed by atoms with Crippen LogP contribution in [-0.4, -0.2) is 50.5 Å². The quantitative estimate of drug-likeness (QED) is 0.793. The molecule has 1 atom stereocenters. The highest BCUT2D eigenvalue weighted by Crippen LogP contribution is 2.34. The molecule has 148 valence electrons. The first-order valence-corrected chi connectivity index (χ1v) is 9.29. The molecular formula is C20H24N4O4. The van der Waals surface area contributed by atoms with Crippen LogP contribution in [0.3, 0.4) is 0 Å². The molecule has 2 N–H and O–H groups in total. The molecule has 8 heteroatoms. The zero-order chi connectivity index (χ0) is 20.3. The number of anilines is 1. The number of ether oxygens (including phenoxy) is 1. The van der Waals surface area contributed by atoms with Crippen molar-refractivity contribution in [1.29, 1.82) is 0 Å². The second-order valence-electron chi connectivity index (χ2n) is 6.80. The Morgan fingerprint density at radius 2 is 2.07 bits per heavy atom. The monoisotopic (exact) mass is 384 g/mol. The summed E-state index contributed by atoms with van der Waals surface area (Å²) in [6.45, 7) is 6.86. The van der Waals surface area contributed by atoms with Crippen LogP contribution in [-0.2, 0) is 4.79 Å². The summed E-state index contributed by atoms with van der Waals surface area (Å²) in [4.78, 5) is 35.2. The van der Waals surface area contributed by atoms with Crippen molar-refractivity contribution >= 4 is 17.6 Å². The van der Waals surface area contributed by atoms with Gasteiger partial charge in [0, 0.05) is 31.1 Å².